The lowest BCUT2D eigenvalue weighted by atomic mass is 10.00. The van der Waals surface area contributed by atoms with E-state index >= 15 is 0 Å². The van der Waals surface area contributed by atoms with Gasteiger partial charge in [0.1, 0.15) is 0 Å². The number of nitrogens with zero attached hydrogens (tertiary/aromatic N) is 2. The van der Waals surface area contributed by atoms with Gasteiger partial charge in [0, 0.05) is 32.1 Å². The molecule has 1 saturated carbocycles. The van der Waals surface area contributed by atoms with Gasteiger partial charge in [-0.05, 0) is 44.7 Å². The second-order valence-electron chi connectivity index (χ2n) is 6.23. The molecule has 3 rings (SSSR count). The first-order valence-electron chi connectivity index (χ1n) is 7.46. The summed E-state index contributed by atoms with van der Waals surface area (Å²) in [6, 6.07) is 0. The van der Waals surface area contributed by atoms with Crippen LogP contribution >= 0.6 is 0 Å². The summed E-state index contributed by atoms with van der Waals surface area (Å²) in [6.45, 7) is 7.48. The number of fused-ring (bicyclic) bond motifs is 1. The fourth-order valence-corrected chi connectivity index (χ4v) is 3.98. The van der Waals surface area contributed by atoms with Crippen molar-refractivity contribution in [1.29, 1.82) is 0 Å². The van der Waals surface area contributed by atoms with Gasteiger partial charge >= 0.3 is 0 Å². The zero-order chi connectivity index (χ0) is 11.7. The maximum atomic E-state index is 9.90. The molecule has 98 valence electrons. The molecule has 0 spiro atoms. The van der Waals surface area contributed by atoms with E-state index in [1.54, 1.807) is 0 Å². The third-order valence-corrected chi connectivity index (χ3v) is 5.08. The number of hydrogen-bond donors (Lipinski definition) is 1. The monoisotopic (exact) mass is 238 g/mol. The average Bonchev–Trinajstić information content (AvgIpc) is 2.91. The molecule has 3 atom stereocenters. The Hall–Kier alpha value is -0.120. The van der Waals surface area contributed by atoms with Crippen LogP contribution < -0.4 is 0 Å². The van der Waals surface area contributed by atoms with Gasteiger partial charge in [-0.2, -0.15) is 0 Å². The number of rotatable bonds is 3. The summed E-state index contributed by atoms with van der Waals surface area (Å²) in [7, 11) is 0. The van der Waals surface area contributed by atoms with Crippen LogP contribution in [0.2, 0.25) is 0 Å². The second kappa shape index (κ2) is 5.25. The van der Waals surface area contributed by atoms with Crippen LogP contribution in [-0.2, 0) is 0 Å². The van der Waals surface area contributed by atoms with E-state index in [4.69, 9.17) is 0 Å². The first-order valence-corrected chi connectivity index (χ1v) is 7.46. The first kappa shape index (κ1) is 11.9. The molecule has 2 saturated heterocycles. The average molecular weight is 238 g/mol. The van der Waals surface area contributed by atoms with E-state index < -0.39 is 0 Å². The fourth-order valence-electron chi connectivity index (χ4n) is 3.98. The number of hydrogen-bond acceptors (Lipinski definition) is 3. The summed E-state index contributed by atoms with van der Waals surface area (Å²) in [5.74, 6) is 1.39. The lowest BCUT2D eigenvalue weighted by Gasteiger charge is -2.28. The molecule has 17 heavy (non-hydrogen) atoms. The van der Waals surface area contributed by atoms with Gasteiger partial charge in [-0.25, -0.2) is 0 Å². The van der Waals surface area contributed by atoms with Crippen LogP contribution in [0.5, 0.6) is 0 Å². The van der Waals surface area contributed by atoms with Crippen molar-refractivity contribution in [2.75, 3.05) is 39.3 Å². The van der Waals surface area contributed by atoms with Crippen LogP contribution in [0.1, 0.15) is 32.1 Å². The van der Waals surface area contributed by atoms with Crippen LogP contribution in [-0.4, -0.2) is 60.3 Å². The Balaban J connectivity index is 1.41. The molecule has 1 aliphatic carbocycles. The summed E-state index contributed by atoms with van der Waals surface area (Å²) in [6.07, 6.45) is 6.52. The van der Waals surface area contributed by atoms with Crippen LogP contribution in [0.4, 0.5) is 0 Å². The third-order valence-electron chi connectivity index (χ3n) is 5.08. The highest BCUT2D eigenvalue weighted by molar-refractivity contribution is 4.93. The molecule has 0 aromatic heterocycles. The maximum absolute atomic E-state index is 9.90. The molecule has 1 N–H and O–H groups in total. The molecule has 0 bridgehead atoms. The van der Waals surface area contributed by atoms with Gasteiger partial charge in [0.05, 0.1) is 6.10 Å². The normalized spacial score (nSPS) is 39.7. The molecule has 3 nitrogen and oxygen atoms in total. The van der Waals surface area contributed by atoms with E-state index in [1.807, 2.05) is 0 Å². The van der Waals surface area contributed by atoms with Crippen LogP contribution in [0.25, 0.3) is 0 Å². The quantitative estimate of drug-likeness (QED) is 0.800. The zero-order valence-electron chi connectivity index (χ0n) is 10.9. The standard InChI is InChI=1S/C14H26N2O/c17-14-5-4-12-10-16(11-13(12)14)9-8-15-6-2-1-3-7-15/h12-14,17H,1-11H2. The lowest BCUT2D eigenvalue weighted by molar-refractivity contribution is 0.121. The van der Waals surface area contributed by atoms with Crippen molar-refractivity contribution in [2.45, 2.75) is 38.2 Å². The molecule has 0 aromatic carbocycles. The van der Waals surface area contributed by atoms with Crippen LogP contribution in [0.15, 0.2) is 0 Å². The van der Waals surface area contributed by atoms with Crippen molar-refractivity contribution >= 4 is 0 Å². The van der Waals surface area contributed by atoms with Crippen LogP contribution in [0, 0.1) is 11.8 Å². The third kappa shape index (κ3) is 2.67. The minimum atomic E-state index is -0.0000123. The fraction of sp³-hybridized carbons (Fsp3) is 1.00. The van der Waals surface area contributed by atoms with E-state index in [0.29, 0.717) is 5.92 Å². The maximum Gasteiger partial charge on any atom is 0.0583 e. The summed E-state index contributed by atoms with van der Waals surface area (Å²) in [5.41, 5.74) is 0. The molecule has 2 heterocycles. The predicted molar refractivity (Wildman–Crippen MR) is 69.0 cm³/mol. The number of likely N-dealkylation sites (tertiary alicyclic amines) is 2. The summed E-state index contributed by atoms with van der Waals surface area (Å²) >= 11 is 0. The Morgan fingerprint density at radius 2 is 1.65 bits per heavy atom. The topological polar surface area (TPSA) is 26.7 Å². The smallest absolute Gasteiger partial charge is 0.0583 e. The van der Waals surface area contributed by atoms with E-state index in [1.165, 1.54) is 58.4 Å². The molecule has 3 fully saturated rings. The van der Waals surface area contributed by atoms with Crippen molar-refractivity contribution in [3.8, 4) is 0 Å². The lowest BCUT2D eigenvalue weighted by Crippen LogP contribution is -2.37. The van der Waals surface area contributed by atoms with E-state index in [-0.39, 0.29) is 6.10 Å². The minimum Gasteiger partial charge on any atom is -0.393 e. The Morgan fingerprint density at radius 1 is 0.882 bits per heavy atom. The molecule has 3 aliphatic rings. The Bertz CT molecular complexity index is 253. The van der Waals surface area contributed by atoms with Crippen LogP contribution in [0.3, 0.4) is 0 Å². The van der Waals surface area contributed by atoms with Crippen molar-refractivity contribution < 1.29 is 5.11 Å². The van der Waals surface area contributed by atoms with Crippen molar-refractivity contribution in [2.24, 2.45) is 11.8 Å². The van der Waals surface area contributed by atoms with Gasteiger partial charge in [-0.3, -0.25) is 0 Å². The van der Waals surface area contributed by atoms with Gasteiger partial charge in [0.2, 0.25) is 0 Å². The molecular weight excluding hydrogens is 212 g/mol. The first-order chi connectivity index (χ1) is 8.33. The molecule has 0 amide bonds. The van der Waals surface area contributed by atoms with Crippen molar-refractivity contribution in [3.63, 3.8) is 0 Å². The molecular formula is C14H26N2O. The number of piperidine rings is 1. The van der Waals surface area contributed by atoms with Gasteiger partial charge in [0.15, 0.2) is 0 Å². The number of aliphatic hydroxyl groups excluding tert-OH is 1. The van der Waals surface area contributed by atoms with Crippen molar-refractivity contribution in [1.82, 2.24) is 9.80 Å². The Morgan fingerprint density at radius 3 is 2.41 bits per heavy atom. The molecule has 0 aromatic rings. The zero-order valence-corrected chi connectivity index (χ0v) is 10.9. The van der Waals surface area contributed by atoms with E-state index in [2.05, 4.69) is 9.80 Å². The molecule has 2 aliphatic heterocycles. The highest BCUT2D eigenvalue weighted by Gasteiger charge is 2.41. The molecule has 3 unspecified atom stereocenters. The summed E-state index contributed by atoms with van der Waals surface area (Å²) in [4.78, 5) is 5.21. The van der Waals surface area contributed by atoms with E-state index in [0.717, 1.165) is 18.9 Å². The molecule has 3 heteroatoms. The minimum absolute atomic E-state index is 0.0000123. The van der Waals surface area contributed by atoms with Gasteiger partial charge in [-0.15, -0.1) is 0 Å². The Labute approximate surface area is 105 Å². The Kier molecular flexibility index (Phi) is 3.69. The number of aliphatic hydroxyl groups is 1. The molecule has 0 radical (unpaired) electrons. The summed E-state index contributed by atoms with van der Waals surface area (Å²) in [5, 5.41) is 9.90. The van der Waals surface area contributed by atoms with Gasteiger partial charge in [-0.1, -0.05) is 6.42 Å². The predicted octanol–water partition coefficient (Wildman–Crippen LogP) is 1.17. The largest absolute Gasteiger partial charge is 0.393 e. The highest BCUT2D eigenvalue weighted by atomic mass is 16.3. The van der Waals surface area contributed by atoms with Gasteiger partial charge in [0.25, 0.3) is 0 Å². The summed E-state index contributed by atoms with van der Waals surface area (Å²) < 4.78 is 0. The highest BCUT2D eigenvalue weighted by Crippen LogP contribution is 2.37. The second-order valence-corrected chi connectivity index (χ2v) is 6.23. The van der Waals surface area contributed by atoms with E-state index in [9.17, 15) is 5.11 Å². The van der Waals surface area contributed by atoms with Gasteiger partial charge < -0.3 is 14.9 Å². The SMILES string of the molecule is OC1CCC2CN(CCN3CCCCC3)CC12. The van der Waals surface area contributed by atoms with Crippen molar-refractivity contribution in [3.05, 3.63) is 0 Å².